The maximum atomic E-state index is 12.6. The Morgan fingerprint density at radius 2 is 2.14 bits per heavy atom. The molecule has 3 rings (SSSR count). The molecule has 6 nitrogen and oxygen atoms in total. The Morgan fingerprint density at radius 1 is 1.33 bits per heavy atom. The first kappa shape index (κ1) is 14.1. The average molecular weight is 308 g/mol. The molecule has 1 fully saturated rings. The highest BCUT2D eigenvalue weighted by Crippen LogP contribution is 2.24. The number of aromatic nitrogens is 2. The van der Waals surface area contributed by atoms with Gasteiger partial charge in [0.15, 0.2) is 9.84 Å². The van der Waals surface area contributed by atoms with Gasteiger partial charge in [-0.15, -0.1) is 0 Å². The fraction of sp³-hybridized carbons (Fsp3) is 0.429. The van der Waals surface area contributed by atoms with Crippen LogP contribution in [0.3, 0.4) is 0 Å². The van der Waals surface area contributed by atoms with Gasteiger partial charge in [0.25, 0.3) is 5.56 Å². The maximum Gasteiger partial charge on any atom is 0.275 e. The zero-order chi connectivity index (χ0) is 15.0. The molecule has 0 saturated carbocycles. The van der Waals surface area contributed by atoms with Gasteiger partial charge < -0.3 is 4.74 Å². The van der Waals surface area contributed by atoms with Crippen molar-refractivity contribution in [2.75, 3.05) is 18.6 Å². The molecule has 112 valence electrons. The number of benzene rings is 1. The van der Waals surface area contributed by atoms with E-state index in [1.54, 1.807) is 24.4 Å². The second kappa shape index (κ2) is 5.14. The monoisotopic (exact) mass is 308 g/mol. The van der Waals surface area contributed by atoms with Gasteiger partial charge in [0.05, 0.1) is 36.2 Å². The molecule has 1 aromatic heterocycles. The Hall–Kier alpha value is -1.89. The summed E-state index contributed by atoms with van der Waals surface area (Å²) >= 11 is 0. The molecule has 1 saturated heterocycles. The third-order valence-corrected chi connectivity index (χ3v) is 5.62. The van der Waals surface area contributed by atoms with Crippen LogP contribution in [0.5, 0.6) is 5.75 Å². The highest BCUT2D eigenvalue weighted by molar-refractivity contribution is 7.91. The Bertz CT molecular complexity index is 842. The molecule has 0 bridgehead atoms. The molecule has 1 aromatic carbocycles. The van der Waals surface area contributed by atoms with Gasteiger partial charge in [0.2, 0.25) is 0 Å². The molecular formula is C14H16N2O4S. The van der Waals surface area contributed by atoms with Gasteiger partial charge in [-0.2, -0.15) is 5.10 Å². The molecule has 1 atom stereocenters. The van der Waals surface area contributed by atoms with Crippen LogP contribution in [0.15, 0.2) is 29.2 Å². The largest absolute Gasteiger partial charge is 0.496 e. The van der Waals surface area contributed by atoms with E-state index in [4.69, 9.17) is 4.74 Å². The minimum absolute atomic E-state index is 0.0185. The number of hydrogen-bond acceptors (Lipinski definition) is 5. The van der Waals surface area contributed by atoms with Crippen molar-refractivity contribution in [2.45, 2.75) is 18.9 Å². The summed E-state index contributed by atoms with van der Waals surface area (Å²) in [4.78, 5) is 12.6. The van der Waals surface area contributed by atoms with Crippen LogP contribution in [-0.2, 0) is 9.84 Å². The van der Waals surface area contributed by atoms with Crippen molar-refractivity contribution < 1.29 is 13.2 Å². The number of sulfone groups is 1. The first-order valence-electron chi connectivity index (χ1n) is 6.77. The van der Waals surface area contributed by atoms with E-state index in [9.17, 15) is 13.2 Å². The average Bonchev–Trinajstić information content (AvgIpc) is 2.46. The summed E-state index contributed by atoms with van der Waals surface area (Å²) in [6.07, 6.45) is 2.79. The molecule has 1 unspecified atom stereocenters. The van der Waals surface area contributed by atoms with E-state index in [1.165, 1.54) is 11.8 Å². The second-order valence-corrected chi connectivity index (χ2v) is 7.45. The second-order valence-electron chi connectivity index (χ2n) is 5.23. The van der Waals surface area contributed by atoms with Crippen molar-refractivity contribution in [1.29, 1.82) is 0 Å². The molecule has 0 aliphatic carbocycles. The van der Waals surface area contributed by atoms with Crippen LogP contribution >= 0.6 is 0 Å². The Morgan fingerprint density at radius 3 is 2.86 bits per heavy atom. The van der Waals surface area contributed by atoms with E-state index in [1.807, 2.05) is 0 Å². The number of methoxy groups -OCH3 is 1. The highest BCUT2D eigenvalue weighted by Gasteiger charge is 2.27. The Balaban J connectivity index is 2.13. The van der Waals surface area contributed by atoms with Crippen LogP contribution in [-0.4, -0.2) is 36.8 Å². The lowest BCUT2D eigenvalue weighted by Gasteiger charge is -2.23. The lowest BCUT2D eigenvalue weighted by Crippen LogP contribution is -2.35. The lowest BCUT2D eigenvalue weighted by molar-refractivity contribution is 0.413. The summed E-state index contributed by atoms with van der Waals surface area (Å²) in [5, 5.41) is 5.30. The normalized spacial score (nSPS) is 21.3. The zero-order valence-electron chi connectivity index (χ0n) is 11.7. The summed E-state index contributed by atoms with van der Waals surface area (Å²) in [6.45, 7) is 0. The summed E-state index contributed by atoms with van der Waals surface area (Å²) < 4.78 is 30.0. The highest BCUT2D eigenvalue weighted by atomic mass is 32.2. The van der Waals surface area contributed by atoms with E-state index in [0.717, 1.165) is 0 Å². The van der Waals surface area contributed by atoms with E-state index in [2.05, 4.69) is 5.10 Å². The molecule has 21 heavy (non-hydrogen) atoms. The van der Waals surface area contributed by atoms with Crippen LogP contribution in [0.25, 0.3) is 10.8 Å². The number of fused-ring (bicyclic) bond motifs is 1. The van der Waals surface area contributed by atoms with E-state index >= 15 is 0 Å². The molecule has 2 heterocycles. The molecule has 0 N–H and O–H groups in total. The van der Waals surface area contributed by atoms with Crippen molar-refractivity contribution in [2.24, 2.45) is 0 Å². The predicted octanol–water partition coefficient (Wildman–Crippen LogP) is 1.15. The summed E-state index contributed by atoms with van der Waals surface area (Å²) in [5.41, 5.74) is -0.270. The van der Waals surface area contributed by atoms with E-state index in [0.29, 0.717) is 29.4 Å². The maximum absolute atomic E-state index is 12.6. The molecule has 0 amide bonds. The Labute approximate surface area is 122 Å². The minimum Gasteiger partial charge on any atom is -0.496 e. The number of rotatable bonds is 2. The molecule has 1 aliphatic rings. The molecule has 2 aromatic rings. The molecule has 7 heteroatoms. The van der Waals surface area contributed by atoms with Crippen LogP contribution in [0.2, 0.25) is 0 Å². The van der Waals surface area contributed by atoms with Gasteiger partial charge in [-0.3, -0.25) is 4.79 Å². The number of ether oxygens (including phenoxy) is 1. The third kappa shape index (κ3) is 2.53. The van der Waals surface area contributed by atoms with Gasteiger partial charge in [0, 0.05) is 5.39 Å². The molecule has 0 spiro atoms. The van der Waals surface area contributed by atoms with Gasteiger partial charge in [-0.1, -0.05) is 6.07 Å². The van der Waals surface area contributed by atoms with Crippen molar-refractivity contribution in [3.8, 4) is 5.75 Å². The quantitative estimate of drug-likeness (QED) is 0.832. The fourth-order valence-corrected chi connectivity index (χ4v) is 4.46. The van der Waals surface area contributed by atoms with Crippen LogP contribution < -0.4 is 10.3 Å². The van der Waals surface area contributed by atoms with Gasteiger partial charge in [-0.25, -0.2) is 13.1 Å². The summed E-state index contributed by atoms with van der Waals surface area (Å²) in [5.74, 6) is 0.759. The molecule has 1 aliphatic heterocycles. The van der Waals surface area contributed by atoms with Crippen LogP contribution in [0, 0.1) is 0 Å². The smallest absolute Gasteiger partial charge is 0.275 e. The van der Waals surface area contributed by atoms with Gasteiger partial charge in [-0.05, 0) is 25.0 Å². The van der Waals surface area contributed by atoms with E-state index < -0.39 is 9.84 Å². The summed E-state index contributed by atoms with van der Waals surface area (Å²) in [7, 11) is -1.55. The molecule has 0 radical (unpaired) electrons. The van der Waals surface area contributed by atoms with Gasteiger partial charge >= 0.3 is 0 Å². The number of nitrogens with zero attached hydrogens (tertiary/aromatic N) is 2. The third-order valence-electron chi connectivity index (χ3n) is 3.82. The lowest BCUT2D eigenvalue weighted by atomic mass is 10.1. The Kier molecular flexibility index (Phi) is 3.44. The predicted molar refractivity (Wildman–Crippen MR) is 79.5 cm³/mol. The van der Waals surface area contributed by atoms with Crippen LogP contribution in [0.4, 0.5) is 0 Å². The first-order valence-corrected chi connectivity index (χ1v) is 8.59. The fourth-order valence-electron chi connectivity index (χ4n) is 2.79. The van der Waals surface area contributed by atoms with Gasteiger partial charge in [0.1, 0.15) is 5.75 Å². The topological polar surface area (TPSA) is 78.3 Å². The van der Waals surface area contributed by atoms with Crippen molar-refractivity contribution in [1.82, 2.24) is 9.78 Å². The van der Waals surface area contributed by atoms with Crippen molar-refractivity contribution in [3.05, 3.63) is 34.7 Å². The summed E-state index contributed by atoms with van der Waals surface area (Å²) in [6, 6.07) is 4.82. The first-order chi connectivity index (χ1) is 10.0. The van der Waals surface area contributed by atoms with Crippen molar-refractivity contribution in [3.63, 3.8) is 0 Å². The van der Waals surface area contributed by atoms with Crippen molar-refractivity contribution >= 4 is 20.6 Å². The minimum atomic E-state index is -3.09. The van der Waals surface area contributed by atoms with Crippen LogP contribution in [0.1, 0.15) is 18.9 Å². The SMILES string of the molecule is COc1cccc2c(=O)n(C3CCCS(=O)(=O)C3)ncc12. The molecular weight excluding hydrogens is 292 g/mol. The zero-order valence-corrected chi connectivity index (χ0v) is 12.5. The number of hydrogen-bond donors (Lipinski definition) is 0. The van der Waals surface area contributed by atoms with E-state index in [-0.39, 0.29) is 23.1 Å². The standard InChI is InChI=1S/C14H16N2O4S/c1-20-13-6-2-5-11-12(13)8-15-16(14(11)17)10-4-3-7-21(18,19)9-10/h2,5-6,8,10H,3-4,7,9H2,1H3.